The number of carbonyl (C=O) groups is 2. The van der Waals surface area contributed by atoms with Crippen LogP contribution in [0.15, 0.2) is 48.5 Å². The normalized spacial score (nSPS) is 13.8. The summed E-state index contributed by atoms with van der Waals surface area (Å²) in [5.41, 5.74) is 1.87. The Bertz CT molecular complexity index is 791. The van der Waals surface area contributed by atoms with Gasteiger partial charge in [0.2, 0.25) is 11.8 Å². The maximum absolute atomic E-state index is 12.2. The monoisotopic (exact) mass is 325 g/mol. The molecule has 122 valence electrons. The highest BCUT2D eigenvalue weighted by Gasteiger charge is 2.41. The molecule has 3 rings (SSSR count). The maximum atomic E-state index is 12.2. The molecule has 0 bridgehead atoms. The number of hydrogen-bond donors (Lipinski definition) is 0. The molecular weight excluding hydrogens is 310 g/mol. The van der Waals surface area contributed by atoms with Gasteiger partial charge in [0.05, 0.1) is 16.3 Å². The molecule has 2 aromatic carbocycles. The van der Waals surface area contributed by atoms with Crippen LogP contribution in [0.3, 0.4) is 0 Å². The van der Waals surface area contributed by atoms with Gasteiger partial charge in [0.15, 0.2) is 0 Å². The molecule has 0 aliphatic carbocycles. The summed E-state index contributed by atoms with van der Waals surface area (Å²) in [6.45, 7) is 2.86. The van der Waals surface area contributed by atoms with Crippen molar-refractivity contribution in [1.82, 2.24) is 0 Å². The standard InChI is InChI=1S/C17H15N3O4/c1-11(21)18-15-5-3-4-6-16(15)19(12(2)22)17(18)13-7-9-14(10-8-13)20(23)24/h3-10,17H,1-2H3. The van der Waals surface area contributed by atoms with Crippen LogP contribution in [0.25, 0.3) is 0 Å². The van der Waals surface area contributed by atoms with E-state index in [4.69, 9.17) is 0 Å². The number of nitro groups is 1. The molecule has 0 saturated heterocycles. The Morgan fingerprint density at radius 2 is 1.38 bits per heavy atom. The van der Waals surface area contributed by atoms with Gasteiger partial charge in [-0.1, -0.05) is 12.1 Å². The highest BCUT2D eigenvalue weighted by Crippen LogP contribution is 2.46. The van der Waals surface area contributed by atoms with E-state index in [9.17, 15) is 19.7 Å². The Labute approximate surface area is 138 Å². The van der Waals surface area contributed by atoms with Gasteiger partial charge >= 0.3 is 0 Å². The van der Waals surface area contributed by atoms with Gasteiger partial charge in [-0.25, -0.2) is 0 Å². The van der Waals surface area contributed by atoms with E-state index in [1.165, 1.54) is 35.8 Å². The van der Waals surface area contributed by atoms with Gasteiger partial charge in [-0.2, -0.15) is 0 Å². The van der Waals surface area contributed by atoms with Crippen LogP contribution in [0.1, 0.15) is 25.6 Å². The van der Waals surface area contributed by atoms with Gasteiger partial charge in [-0.3, -0.25) is 29.5 Å². The van der Waals surface area contributed by atoms with Gasteiger partial charge in [0.25, 0.3) is 5.69 Å². The summed E-state index contributed by atoms with van der Waals surface area (Å²) in [6, 6.07) is 13.0. The summed E-state index contributed by atoms with van der Waals surface area (Å²) in [4.78, 5) is 37.8. The van der Waals surface area contributed by atoms with Crippen LogP contribution in [0, 0.1) is 10.1 Å². The van der Waals surface area contributed by atoms with Crippen LogP contribution in [0.4, 0.5) is 17.1 Å². The zero-order chi connectivity index (χ0) is 17.4. The third-order valence-corrected chi connectivity index (χ3v) is 3.97. The Hall–Kier alpha value is -3.22. The zero-order valence-electron chi connectivity index (χ0n) is 13.2. The van der Waals surface area contributed by atoms with Gasteiger partial charge in [0.1, 0.15) is 6.17 Å². The fraction of sp³-hybridized carbons (Fsp3) is 0.176. The molecule has 7 nitrogen and oxygen atoms in total. The quantitative estimate of drug-likeness (QED) is 0.627. The highest BCUT2D eigenvalue weighted by atomic mass is 16.6. The summed E-state index contributed by atoms with van der Waals surface area (Å²) in [5, 5.41) is 10.8. The molecular formula is C17H15N3O4. The molecule has 0 spiro atoms. The smallest absolute Gasteiger partial charge is 0.269 e. The molecule has 1 heterocycles. The van der Waals surface area contributed by atoms with E-state index < -0.39 is 11.1 Å². The van der Waals surface area contributed by atoms with E-state index in [-0.39, 0.29) is 17.5 Å². The number of non-ortho nitro benzene ring substituents is 1. The number of hydrogen-bond acceptors (Lipinski definition) is 4. The largest absolute Gasteiger partial charge is 0.285 e. The average molecular weight is 325 g/mol. The van der Waals surface area contributed by atoms with Gasteiger partial charge in [-0.05, 0) is 29.8 Å². The second-order valence-electron chi connectivity index (χ2n) is 5.49. The molecule has 2 amide bonds. The Balaban J connectivity index is 2.15. The van der Waals surface area contributed by atoms with Crippen molar-refractivity contribution in [3.8, 4) is 0 Å². The molecule has 24 heavy (non-hydrogen) atoms. The van der Waals surface area contributed by atoms with Crippen molar-refractivity contribution in [2.24, 2.45) is 0 Å². The van der Waals surface area contributed by atoms with E-state index in [2.05, 4.69) is 0 Å². The predicted octanol–water partition coefficient (Wildman–Crippen LogP) is 3.01. The van der Waals surface area contributed by atoms with Crippen LogP contribution in [-0.4, -0.2) is 16.7 Å². The number of nitrogens with zero attached hydrogens (tertiary/aromatic N) is 3. The van der Waals surface area contributed by atoms with E-state index in [0.29, 0.717) is 16.9 Å². The molecule has 0 unspecified atom stereocenters. The lowest BCUT2D eigenvalue weighted by atomic mass is 10.1. The number of amides is 2. The number of rotatable bonds is 2. The number of carbonyl (C=O) groups excluding carboxylic acids is 2. The maximum Gasteiger partial charge on any atom is 0.269 e. The van der Waals surface area contributed by atoms with Gasteiger partial charge in [-0.15, -0.1) is 0 Å². The second kappa shape index (κ2) is 5.77. The number of para-hydroxylation sites is 2. The first-order valence-corrected chi connectivity index (χ1v) is 7.35. The summed E-state index contributed by atoms with van der Waals surface area (Å²) in [7, 11) is 0. The highest BCUT2D eigenvalue weighted by molar-refractivity contribution is 6.07. The molecule has 0 fully saturated rings. The molecule has 0 radical (unpaired) electrons. The average Bonchev–Trinajstić information content (AvgIpc) is 2.90. The van der Waals surface area contributed by atoms with Gasteiger partial charge < -0.3 is 0 Å². The molecule has 0 N–H and O–H groups in total. The Kier molecular flexibility index (Phi) is 3.76. The van der Waals surface area contributed by atoms with Crippen molar-refractivity contribution < 1.29 is 14.5 Å². The first-order valence-electron chi connectivity index (χ1n) is 7.35. The summed E-state index contributed by atoms with van der Waals surface area (Å²) < 4.78 is 0. The number of fused-ring (bicyclic) bond motifs is 1. The van der Waals surface area contributed by atoms with Crippen molar-refractivity contribution in [3.05, 3.63) is 64.2 Å². The second-order valence-corrected chi connectivity index (χ2v) is 5.49. The predicted molar refractivity (Wildman–Crippen MR) is 88.6 cm³/mol. The molecule has 0 saturated carbocycles. The van der Waals surface area contributed by atoms with Crippen LogP contribution >= 0.6 is 0 Å². The van der Waals surface area contributed by atoms with E-state index in [1.54, 1.807) is 36.4 Å². The molecule has 2 aromatic rings. The number of nitro benzene ring substituents is 1. The van der Waals surface area contributed by atoms with E-state index in [1.807, 2.05) is 0 Å². The zero-order valence-corrected chi connectivity index (χ0v) is 13.2. The number of benzene rings is 2. The van der Waals surface area contributed by atoms with Crippen molar-refractivity contribution in [2.75, 3.05) is 9.80 Å². The van der Waals surface area contributed by atoms with Crippen LogP contribution in [0.5, 0.6) is 0 Å². The first-order chi connectivity index (χ1) is 11.4. The SMILES string of the molecule is CC(=O)N1c2ccccc2N(C(C)=O)C1c1ccc([N+](=O)[O-])cc1. The minimum absolute atomic E-state index is 0.0435. The van der Waals surface area contributed by atoms with E-state index in [0.717, 1.165) is 0 Å². The van der Waals surface area contributed by atoms with Gasteiger partial charge in [0, 0.05) is 26.0 Å². The molecule has 1 aliphatic rings. The van der Waals surface area contributed by atoms with Crippen LogP contribution < -0.4 is 9.80 Å². The molecule has 7 heteroatoms. The molecule has 0 aromatic heterocycles. The summed E-state index contributed by atoms with van der Waals surface area (Å²) in [5.74, 6) is -0.427. The fourth-order valence-corrected chi connectivity index (χ4v) is 3.00. The van der Waals surface area contributed by atoms with E-state index >= 15 is 0 Å². The molecule has 0 atom stereocenters. The Morgan fingerprint density at radius 3 is 1.75 bits per heavy atom. The summed E-state index contributed by atoms with van der Waals surface area (Å²) in [6.07, 6.45) is -0.654. The van der Waals surface area contributed by atoms with Crippen molar-refractivity contribution >= 4 is 28.9 Å². The fourth-order valence-electron chi connectivity index (χ4n) is 3.00. The minimum Gasteiger partial charge on any atom is -0.285 e. The topological polar surface area (TPSA) is 83.8 Å². The Morgan fingerprint density at radius 1 is 0.917 bits per heavy atom. The number of anilines is 2. The lowest BCUT2D eigenvalue weighted by Crippen LogP contribution is -2.40. The lowest BCUT2D eigenvalue weighted by molar-refractivity contribution is -0.384. The molecule has 1 aliphatic heterocycles. The van der Waals surface area contributed by atoms with Crippen molar-refractivity contribution in [3.63, 3.8) is 0 Å². The van der Waals surface area contributed by atoms with Crippen LogP contribution in [-0.2, 0) is 9.59 Å². The van der Waals surface area contributed by atoms with Crippen molar-refractivity contribution in [2.45, 2.75) is 20.0 Å². The van der Waals surface area contributed by atoms with Crippen molar-refractivity contribution in [1.29, 1.82) is 0 Å². The first kappa shape index (κ1) is 15.7. The minimum atomic E-state index is -0.654. The lowest BCUT2D eigenvalue weighted by Gasteiger charge is -2.29. The third kappa shape index (κ3) is 2.40. The third-order valence-electron chi connectivity index (χ3n) is 3.97. The van der Waals surface area contributed by atoms with Crippen LogP contribution in [0.2, 0.25) is 0 Å². The summed E-state index contributed by atoms with van der Waals surface area (Å²) >= 11 is 0.